The Balaban J connectivity index is 1.51. The van der Waals surface area contributed by atoms with Crippen molar-refractivity contribution in [2.75, 3.05) is 19.0 Å². The summed E-state index contributed by atoms with van der Waals surface area (Å²) in [6.45, 7) is 0.535. The number of rotatable bonds is 7. The van der Waals surface area contributed by atoms with Crippen LogP contribution in [0.1, 0.15) is 21.8 Å². The zero-order valence-electron chi connectivity index (χ0n) is 19.4. The number of carbonyl (C=O) groups is 1. The number of furan rings is 1. The molecule has 35 heavy (non-hydrogen) atoms. The van der Waals surface area contributed by atoms with Crippen molar-refractivity contribution in [3.05, 3.63) is 102 Å². The number of pyridine rings is 1. The van der Waals surface area contributed by atoms with Crippen LogP contribution in [0.3, 0.4) is 0 Å². The van der Waals surface area contributed by atoms with Gasteiger partial charge in [0.05, 0.1) is 30.6 Å². The molecule has 8 heteroatoms. The molecular weight excluding hydrogens is 445 g/mol. The summed E-state index contributed by atoms with van der Waals surface area (Å²) in [5, 5.41) is 8.02. The number of aromatic nitrogens is 3. The van der Waals surface area contributed by atoms with Gasteiger partial charge in [-0.15, -0.1) is 0 Å². The van der Waals surface area contributed by atoms with Crippen molar-refractivity contribution in [1.82, 2.24) is 20.1 Å². The summed E-state index contributed by atoms with van der Waals surface area (Å²) in [4.78, 5) is 21.8. The minimum absolute atomic E-state index is 0.222. The first kappa shape index (κ1) is 22.3. The molecule has 5 aromatic rings. The Morgan fingerprint density at radius 3 is 2.57 bits per heavy atom. The fourth-order valence-corrected chi connectivity index (χ4v) is 4.03. The zero-order chi connectivity index (χ0) is 24.4. The highest BCUT2D eigenvalue weighted by atomic mass is 19.1. The van der Waals surface area contributed by atoms with E-state index in [4.69, 9.17) is 4.42 Å². The number of amides is 1. The van der Waals surface area contributed by atoms with Crippen LogP contribution in [0.4, 0.5) is 10.2 Å². The second-order valence-corrected chi connectivity index (χ2v) is 8.48. The van der Waals surface area contributed by atoms with Crippen LogP contribution in [0, 0.1) is 5.82 Å². The molecular formula is C27H24FN5O2. The van der Waals surface area contributed by atoms with Crippen molar-refractivity contribution in [2.45, 2.75) is 13.1 Å². The molecule has 7 nitrogen and oxygen atoms in total. The van der Waals surface area contributed by atoms with Crippen molar-refractivity contribution < 1.29 is 13.6 Å². The van der Waals surface area contributed by atoms with Crippen molar-refractivity contribution in [2.24, 2.45) is 0 Å². The number of nitrogens with zero attached hydrogens (tertiary/aromatic N) is 4. The smallest absolute Gasteiger partial charge is 0.272 e. The number of hydrogen-bond acceptors (Lipinski definition) is 5. The topological polar surface area (TPSA) is 78.3 Å². The molecule has 0 saturated heterocycles. The van der Waals surface area contributed by atoms with Gasteiger partial charge in [-0.2, -0.15) is 5.10 Å². The maximum absolute atomic E-state index is 13.8. The summed E-state index contributed by atoms with van der Waals surface area (Å²) in [5.41, 5.74) is 3.37. The molecule has 0 unspecified atom stereocenters. The van der Waals surface area contributed by atoms with Crippen LogP contribution < -0.4 is 4.90 Å². The normalized spacial score (nSPS) is 11.1. The van der Waals surface area contributed by atoms with Crippen molar-refractivity contribution in [3.63, 3.8) is 0 Å². The Morgan fingerprint density at radius 1 is 1.00 bits per heavy atom. The van der Waals surface area contributed by atoms with Crippen LogP contribution in [0.25, 0.3) is 22.2 Å². The molecule has 3 heterocycles. The fraction of sp³-hybridized carbons (Fsp3) is 0.148. The maximum atomic E-state index is 13.8. The number of aromatic amines is 1. The Bertz CT molecular complexity index is 1460. The van der Waals surface area contributed by atoms with Gasteiger partial charge in [0.25, 0.3) is 5.91 Å². The zero-order valence-corrected chi connectivity index (χ0v) is 19.4. The third-order valence-electron chi connectivity index (χ3n) is 5.71. The molecule has 3 aromatic heterocycles. The summed E-state index contributed by atoms with van der Waals surface area (Å²) in [6, 6.07) is 21.5. The number of carbonyl (C=O) groups excluding carboxylic acids is 1. The molecule has 0 fully saturated rings. The number of benzene rings is 2. The first-order chi connectivity index (χ1) is 17.0. The van der Waals surface area contributed by atoms with E-state index in [0.29, 0.717) is 28.5 Å². The molecule has 176 valence electrons. The maximum Gasteiger partial charge on any atom is 0.272 e. The predicted molar refractivity (Wildman–Crippen MR) is 132 cm³/mol. The minimum Gasteiger partial charge on any atom is -0.467 e. The lowest BCUT2D eigenvalue weighted by molar-refractivity contribution is 0.0712. The first-order valence-electron chi connectivity index (χ1n) is 11.2. The molecule has 1 N–H and O–H groups in total. The minimum atomic E-state index is -0.342. The average Bonchev–Trinajstić information content (AvgIpc) is 3.56. The molecule has 0 aliphatic carbocycles. The van der Waals surface area contributed by atoms with Crippen LogP contribution in [0.15, 0.2) is 83.5 Å². The number of H-pyrrole nitrogens is 1. The number of anilines is 1. The van der Waals surface area contributed by atoms with E-state index in [1.807, 2.05) is 61.5 Å². The predicted octanol–water partition coefficient (Wildman–Crippen LogP) is 5.27. The third-order valence-corrected chi connectivity index (χ3v) is 5.71. The van der Waals surface area contributed by atoms with E-state index in [1.54, 1.807) is 29.4 Å². The monoisotopic (exact) mass is 469 g/mol. The van der Waals surface area contributed by atoms with Crippen molar-refractivity contribution in [3.8, 4) is 11.3 Å². The van der Waals surface area contributed by atoms with E-state index >= 15 is 0 Å². The lowest BCUT2D eigenvalue weighted by Gasteiger charge is -2.24. The van der Waals surface area contributed by atoms with Crippen molar-refractivity contribution >= 4 is 22.6 Å². The van der Waals surface area contributed by atoms with Gasteiger partial charge in [0, 0.05) is 36.7 Å². The van der Waals surface area contributed by atoms with Crippen LogP contribution in [-0.2, 0) is 13.1 Å². The molecule has 1 amide bonds. The molecule has 0 bridgehead atoms. The molecule has 0 aliphatic rings. The van der Waals surface area contributed by atoms with Gasteiger partial charge in [-0.3, -0.25) is 9.89 Å². The standard InChI is InChI=1S/C27H24FN5O2/c1-32(2)26-20(13-19-10-11-21(28)14-23(19)29-26)16-33(17-22-9-6-12-35-22)27(34)25-15-24(30-31-25)18-7-4-3-5-8-18/h3-15H,16-17H2,1-2H3,(H,30,31). The van der Waals surface area contributed by atoms with Gasteiger partial charge in [0.2, 0.25) is 0 Å². The SMILES string of the molecule is CN(C)c1nc2cc(F)ccc2cc1CN(Cc1ccco1)C(=O)c1cc(-c2ccccc2)n[nH]1. The van der Waals surface area contributed by atoms with E-state index in [1.165, 1.54) is 12.1 Å². The van der Waals surface area contributed by atoms with E-state index in [0.717, 1.165) is 16.5 Å². The van der Waals surface area contributed by atoms with E-state index in [2.05, 4.69) is 15.2 Å². The Kier molecular flexibility index (Phi) is 6.01. The first-order valence-corrected chi connectivity index (χ1v) is 11.2. The van der Waals surface area contributed by atoms with Crippen molar-refractivity contribution in [1.29, 1.82) is 0 Å². The number of nitrogens with one attached hydrogen (secondary N) is 1. The summed E-state index contributed by atoms with van der Waals surface area (Å²) >= 11 is 0. The van der Waals surface area contributed by atoms with E-state index in [-0.39, 0.29) is 24.8 Å². The van der Waals surface area contributed by atoms with Gasteiger partial charge in [-0.05, 0) is 36.4 Å². The van der Waals surface area contributed by atoms with Gasteiger partial charge in [-0.25, -0.2) is 9.37 Å². The number of fused-ring (bicyclic) bond motifs is 1. The van der Waals surface area contributed by atoms with Gasteiger partial charge in [-0.1, -0.05) is 30.3 Å². The quantitative estimate of drug-likeness (QED) is 0.352. The molecule has 0 spiro atoms. The Hall–Kier alpha value is -4.46. The van der Waals surface area contributed by atoms with Crippen LogP contribution in [0.2, 0.25) is 0 Å². The van der Waals surface area contributed by atoms with Crippen LogP contribution in [0.5, 0.6) is 0 Å². The van der Waals surface area contributed by atoms with Gasteiger partial charge >= 0.3 is 0 Å². The van der Waals surface area contributed by atoms with E-state index < -0.39 is 0 Å². The molecule has 0 radical (unpaired) electrons. The number of hydrogen-bond donors (Lipinski definition) is 1. The second-order valence-electron chi connectivity index (χ2n) is 8.48. The summed E-state index contributed by atoms with van der Waals surface area (Å²) in [5.74, 6) is 0.754. The largest absolute Gasteiger partial charge is 0.467 e. The molecule has 5 rings (SSSR count). The second kappa shape index (κ2) is 9.42. The van der Waals surface area contributed by atoms with E-state index in [9.17, 15) is 9.18 Å². The molecule has 0 atom stereocenters. The van der Waals surface area contributed by atoms with Gasteiger partial charge in [0.15, 0.2) is 0 Å². The third kappa shape index (κ3) is 4.77. The molecule has 2 aromatic carbocycles. The van der Waals surface area contributed by atoms with Crippen LogP contribution >= 0.6 is 0 Å². The lowest BCUT2D eigenvalue weighted by atomic mass is 10.1. The summed E-state index contributed by atoms with van der Waals surface area (Å²) < 4.78 is 19.3. The summed E-state index contributed by atoms with van der Waals surface area (Å²) in [7, 11) is 3.74. The summed E-state index contributed by atoms with van der Waals surface area (Å²) in [6.07, 6.45) is 1.58. The molecule has 0 saturated carbocycles. The highest BCUT2D eigenvalue weighted by Gasteiger charge is 2.23. The lowest BCUT2D eigenvalue weighted by Crippen LogP contribution is -2.31. The highest BCUT2D eigenvalue weighted by Crippen LogP contribution is 2.26. The number of halogens is 1. The molecule has 0 aliphatic heterocycles. The van der Waals surface area contributed by atoms with Gasteiger partial charge in [0.1, 0.15) is 23.1 Å². The average molecular weight is 470 g/mol. The Morgan fingerprint density at radius 2 is 1.83 bits per heavy atom. The highest BCUT2D eigenvalue weighted by molar-refractivity contribution is 5.93. The van der Waals surface area contributed by atoms with Crippen LogP contribution in [-0.4, -0.2) is 40.1 Å². The fourth-order valence-electron chi connectivity index (χ4n) is 4.03. The van der Waals surface area contributed by atoms with Gasteiger partial charge < -0.3 is 14.2 Å². The Labute approximate surface area is 201 Å².